The maximum Gasteiger partial charge on any atom is 0.335 e. The number of carboxylic acid groups (broad SMARTS) is 1. The van der Waals surface area contributed by atoms with Crippen molar-refractivity contribution in [2.75, 3.05) is 5.32 Å². The third kappa shape index (κ3) is 2.92. The molecule has 5 nitrogen and oxygen atoms in total. The van der Waals surface area contributed by atoms with E-state index in [1.165, 1.54) is 30.6 Å². The van der Waals surface area contributed by atoms with Crippen molar-refractivity contribution in [2.45, 2.75) is 0 Å². The topological polar surface area (TPSA) is 79.3 Å². The highest BCUT2D eigenvalue weighted by molar-refractivity contribution is 6.04. The molecule has 0 spiro atoms. The summed E-state index contributed by atoms with van der Waals surface area (Å²) in [6, 6.07) is 6.38. The average Bonchev–Trinajstić information content (AvgIpc) is 2.41. The largest absolute Gasteiger partial charge is 0.478 e. The second-order valence-electron chi connectivity index (χ2n) is 3.70. The molecule has 1 amide bonds. The van der Waals surface area contributed by atoms with E-state index in [1.54, 1.807) is 6.07 Å². The summed E-state index contributed by atoms with van der Waals surface area (Å²) in [5.41, 5.74) is 0.0138. The molecule has 2 rings (SSSR count). The summed E-state index contributed by atoms with van der Waals surface area (Å²) in [5, 5.41) is 11.0. The number of pyridine rings is 1. The van der Waals surface area contributed by atoms with Crippen LogP contribution in [0.15, 0.2) is 42.7 Å². The third-order valence-corrected chi connectivity index (χ3v) is 2.39. The summed E-state index contributed by atoms with van der Waals surface area (Å²) in [6.07, 6.45) is 2.86. The number of hydrogen-bond acceptors (Lipinski definition) is 3. The molecule has 2 aromatic rings. The third-order valence-electron chi connectivity index (χ3n) is 2.39. The molecule has 0 saturated heterocycles. The van der Waals surface area contributed by atoms with Crippen molar-refractivity contribution in [3.8, 4) is 0 Å². The van der Waals surface area contributed by atoms with Crippen molar-refractivity contribution in [2.24, 2.45) is 0 Å². The van der Waals surface area contributed by atoms with Gasteiger partial charge in [0.25, 0.3) is 5.91 Å². The number of carbonyl (C=O) groups excluding carboxylic acids is 1. The molecule has 0 unspecified atom stereocenters. The van der Waals surface area contributed by atoms with E-state index in [9.17, 15) is 14.0 Å². The molecule has 1 aromatic carbocycles. The van der Waals surface area contributed by atoms with Crippen LogP contribution in [0.2, 0.25) is 0 Å². The highest BCUT2D eigenvalue weighted by atomic mass is 19.1. The van der Waals surface area contributed by atoms with E-state index in [1.807, 2.05) is 0 Å². The smallest absolute Gasteiger partial charge is 0.335 e. The number of aromatic nitrogens is 1. The predicted molar refractivity (Wildman–Crippen MR) is 65.5 cm³/mol. The minimum absolute atomic E-state index is 0.0844. The molecule has 19 heavy (non-hydrogen) atoms. The zero-order valence-electron chi connectivity index (χ0n) is 9.63. The minimum Gasteiger partial charge on any atom is -0.478 e. The highest BCUT2D eigenvalue weighted by Gasteiger charge is 2.11. The maximum atomic E-state index is 13.6. The zero-order valence-corrected chi connectivity index (χ0v) is 9.63. The van der Waals surface area contributed by atoms with E-state index < -0.39 is 17.7 Å². The fraction of sp³-hybridized carbons (Fsp3) is 0. The number of benzene rings is 1. The molecule has 0 bridgehead atoms. The number of anilines is 1. The summed E-state index contributed by atoms with van der Waals surface area (Å²) in [4.78, 5) is 26.2. The van der Waals surface area contributed by atoms with Crippen molar-refractivity contribution in [1.29, 1.82) is 0 Å². The Morgan fingerprint density at radius 1 is 1.21 bits per heavy atom. The van der Waals surface area contributed by atoms with Gasteiger partial charge in [0.05, 0.1) is 16.8 Å². The fourth-order valence-electron chi connectivity index (χ4n) is 1.44. The Balaban J connectivity index is 2.20. The van der Waals surface area contributed by atoms with E-state index in [0.717, 1.165) is 6.07 Å². The first-order valence-electron chi connectivity index (χ1n) is 5.32. The average molecular weight is 260 g/mol. The van der Waals surface area contributed by atoms with E-state index in [4.69, 9.17) is 5.11 Å². The monoisotopic (exact) mass is 260 g/mol. The highest BCUT2D eigenvalue weighted by Crippen LogP contribution is 2.16. The molecule has 0 radical (unpaired) electrons. The van der Waals surface area contributed by atoms with Crippen LogP contribution in [0.4, 0.5) is 10.1 Å². The Morgan fingerprint density at radius 3 is 2.58 bits per heavy atom. The van der Waals surface area contributed by atoms with Crippen LogP contribution in [0.3, 0.4) is 0 Å². The molecule has 6 heteroatoms. The van der Waals surface area contributed by atoms with Gasteiger partial charge in [0.1, 0.15) is 5.82 Å². The van der Waals surface area contributed by atoms with E-state index in [2.05, 4.69) is 10.3 Å². The lowest BCUT2D eigenvalue weighted by molar-refractivity contribution is 0.0696. The van der Waals surface area contributed by atoms with Crippen molar-refractivity contribution < 1.29 is 19.1 Å². The Kier molecular flexibility index (Phi) is 3.51. The van der Waals surface area contributed by atoms with E-state index in [0.29, 0.717) is 0 Å². The molecule has 0 fully saturated rings. The van der Waals surface area contributed by atoms with Crippen LogP contribution < -0.4 is 5.32 Å². The lowest BCUT2D eigenvalue weighted by Gasteiger charge is -2.06. The SMILES string of the molecule is O=C(O)c1ccc(NC(=O)c2cccnc2)c(F)c1. The summed E-state index contributed by atoms with van der Waals surface area (Å²) >= 11 is 0. The van der Waals surface area contributed by atoms with Gasteiger partial charge in [-0.25, -0.2) is 9.18 Å². The summed E-state index contributed by atoms with van der Waals surface area (Å²) < 4.78 is 13.6. The number of amides is 1. The molecule has 96 valence electrons. The molecular formula is C13H9FN2O3. The van der Waals surface area contributed by atoms with Crippen molar-refractivity contribution in [1.82, 2.24) is 4.98 Å². The van der Waals surface area contributed by atoms with E-state index >= 15 is 0 Å². The van der Waals surface area contributed by atoms with Gasteiger partial charge in [-0.1, -0.05) is 0 Å². The van der Waals surface area contributed by atoms with Gasteiger partial charge >= 0.3 is 5.97 Å². The first-order valence-corrected chi connectivity index (χ1v) is 5.32. The van der Waals surface area contributed by atoms with Crippen LogP contribution in [0.25, 0.3) is 0 Å². The van der Waals surface area contributed by atoms with Gasteiger partial charge in [0.2, 0.25) is 0 Å². The minimum atomic E-state index is -1.23. The van der Waals surface area contributed by atoms with Gasteiger partial charge in [-0.2, -0.15) is 0 Å². The Bertz CT molecular complexity index is 629. The van der Waals surface area contributed by atoms with Gasteiger partial charge in [0, 0.05) is 12.4 Å². The normalized spacial score (nSPS) is 9.95. The standard InChI is InChI=1S/C13H9FN2O3/c14-10-6-8(13(18)19)3-4-11(10)16-12(17)9-2-1-5-15-7-9/h1-7H,(H,16,17)(H,18,19). The summed E-state index contributed by atoms with van der Waals surface area (Å²) in [7, 11) is 0. The van der Waals surface area contributed by atoms with Crippen molar-refractivity contribution >= 4 is 17.6 Å². The first-order chi connectivity index (χ1) is 9.08. The second-order valence-corrected chi connectivity index (χ2v) is 3.70. The van der Waals surface area contributed by atoms with Gasteiger partial charge in [-0.3, -0.25) is 9.78 Å². The quantitative estimate of drug-likeness (QED) is 0.886. The summed E-state index contributed by atoms with van der Waals surface area (Å²) in [5.74, 6) is -2.56. The van der Waals surface area contributed by atoms with Crippen LogP contribution >= 0.6 is 0 Å². The summed E-state index contributed by atoms with van der Waals surface area (Å²) in [6.45, 7) is 0. The molecule has 0 aliphatic carbocycles. The lowest BCUT2D eigenvalue weighted by atomic mass is 10.2. The molecule has 0 saturated carbocycles. The molecule has 1 heterocycles. The molecular weight excluding hydrogens is 251 g/mol. The number of carboxylic acids is 1. The van der Waals surface area contributed by atoms with Gasteiger partial charge in [-0.05, 0) is 30.3 Å². The lowest BCUT2D eigenvalue weighted by Crippen LogP contribution is -2.13. The Labute approximate surface area is 107 Å². The molecule has 0 aliphatic rings. The molecule has 1 aromatic heterocycles. The molecule has 2 N–H and O–H groups in total. The number of nitrogens with one attached hydrogen (secondary N) is 1. The zero-order chi connectivity index (χ0) is 13.8. The number of rotatable bonds is 3. The number of nitrogens with zero attached hydrogens (tertiary/aromatic N) is 1. The molecule has 0 atom stereocenters. The van der Waals surface area contributed by atoms with Crippen molar-refractivity contribution in [3.63, 3.8) is 0 Å². The Morgan fingerprint density at radius 2 is 2.00 bits per heavy atom. The molecule has 0 aliphatic heterocycles. The van der Waals surface area contributed by atoms with Crippen LogP contribution in [-0.2, 0) is 0 Å². The van der Waals surface area contributed by atoms with Crippen LogP contribution in [0, 0.1) is 5.82 Å². The van der Waals surface area contributed by atoms with Gasteiger partial charge < -0.3 is 10.4 Å². The fourth-order valence-corrected chi connectivity index (χ4v) is 1.44. The number of aromatic carboxylic acids is 1. The van der Waals surface area contributed by atoms with Crippen LogP contribution in [0.5, 0.6) is 0 Å². The van der Waals surface area contributed by atoms with Crippen molar-refractivity contribution in [3.05, 3.63) is 59.7 Å². The van der Waals surface area contributed by atoms with Gasteiger partial charge in [0.15, 0.2) is 0 Å². The van der Waals surface area contributed by atoms with Gasteiger partial charge in [-0.15, -0.1) is 0 Å². The first kappa shape index (κ1) is 12.7. The maximum absolute atomic E-state index is 13.6. The Hall–Kier alpha value is -2.76. The second kappa shape index (κ2) is 5.26. The van der Waals surface area contributed by atoms with E-state index in [-0.39, 0.29) is 16.8 Å². The number of halogens is 1. The van der Waals surface area contributed by atoms with Crippen LogP contribution in [-0.4, -0.2) is 22.0 Å². The number of carbonyl (C=O) groups is 2. The van der Waals surface area contributed by atoms with Crippen LogP contribution in [0.1, 0.15) is 20.7 Å². The number of hydrogen-bond donors (Lipinski definition) is 2. The predicted octanol–water partition coefficient (Wildman–Crippen LogP) is 2.17.